The summed E-state index contributed by atoms with van der Waals surface area (Å²) in [6.45, 7) is 24.3. The number of nitrogens with one attached hydrogen (secondary N) is 2. The van der Waals surface area contributed by atoms with Crippen molar-refractivity contribution in [3.63, 3.8) is 0 Å². The van der Waals surface area contributed by atoms with E-state index in [2.05, 4.69) is 105 Å². The van der Waals surface area contributed by atoms with Gasteiger partial charge in [0.2, 0.25) is 0 Å². The smallest absolute Gasteiger partial charge is 0.0628 e. The average molecular weight is 492 g/mol. The SMILES string of the molecule is C=C(Nc1cc(C2=CCCN(CC(C)C)C2)c(C)cc1N1CCN(C)C(C)C1)C(=C/NC)/C(C)=C\C. The highest BCUT2D eigenvalue weighted by atomic mass is 15.3. The molecule has 1 fully saturated rings. The van der Waals surface area contributed by atoms with Crippen LogP contribution in [0.15, 0.2) is 53.9 Å². The summed E-state index contributed by atoms with van der Waals surface area (Å²) in [5.74, 6) is 0.680. The molecule has 0 spiro atoms. The van der Waals surface area contributed by atoms with Crippen molar-refractivity contribution in [1.82, 2.24) is 15.1 Å². The molecular weight excluding hydrogens is 442 g/mol. The van der Waals surface area contributed by atoms with Crippen molar-refractivity contribution < 1.29 is 0 Å². The summed E-state index contributed by atoms with van der Waals surface area (Å²) in [5.41, 5.74) is 9.77. The molecule has 36 heavy (non-hydrogen) atoms. The van der Waals surface area contributed by atoms with E-state index >= 15 is 0 Å². The summed E-state index contributed by atoms with van der Waals surface area (Å²) in [6, 6.07) is 5.30. The van der Waals surface area contributed by atoms with Gasteiger partial charge in [-0.25, -0.2) is 0 Å². The van der Waals surface area contributed by atoms with Crippen LogP contribution in [0.3, 0.4) is 0 Å². The fourth-order valence-electron chi connectivity index (χ4n) is 5.31. The zero-order valence-electron chi connectivity index (χ0n) is 24.0. The Balaban J connectivity index is 2.01. The van der Waals surface area contributed by atoms with E-state index in [1.54, 1.807) is 0 Å². The summed E-state index contributed by atoms with van der Waals surface area (Å²) < 4.78 is 0. The molecule has 5 nitrogen and oxygen atoms in total. The number of benzene rings is 1. The zero-order valence-corrected chi connectivity index (χ0v) is 24.0. The van der Waals surface area contributed by atoms with Gasteiger partial charge in [-0.3, -0.25) is 4.90 Å². The maximum Gasteiger partial charge on any atom is 0.0628 e. The Morgan fingerprint density at radius 2 is 1.97 bits per heavy atom. The molecule has 2 aliphatic rings. The van der Waals surface area contributed by atoms with Crippen molar-refractivity contribution in [2.24, 2.45) is 5.92 Å². The lowest BCUT2D eigenvalue weighted by atomic mass is 9.94. The lowest BCUT2D eigenvalue weighted by molar-refractivity contribution is 0.234. The first kappa shape index (κ1) is 28.1. The largest absolute Gasteiger partial charge is 0.393 e. The molecule has 3 rings (SSSR count). The summed E-state index contributed by atoms with van der Waals surface area (Å²) in [6.07, 6.45) is 7.73. The van der Waals surface area contributed by atoms with Gasteiger partial charge >= 0.3 is 0 Å². The fourth-order valence-corrected chi connectivity index (χ4v) is 5.31. The lowest BCUT2D eigenvalue weighted by Gasteiger charge is -2.40. The van der Waals surface area contributed by atoms with Gasteiger partial charge in [-0.15, -0.1) is 0 Å². The normalized spacial score (nSPS) is 20.5. The minimum absolute atomic E-state index is 0.519. The van der Waals surface area contributed by atoms with E-state index in [4.69, 9.17) is 0 Å². The number of hydrogen-bond acceptors (Lipinski definition) is 5. The zero-order chi connectivity index (χ0) is 26.4. The van der Waals surface area contributed by atoms with Gasteiger partial charge in [0.15, 0.2) is 0 Å². The molecule has 0 aliphatic carbocycles. The van der Waals surface area contributed by atoms with Crippen LogP contribution in [-0.2, 0) is 0 Å². The third kappa shape index (κ3) is 6.83. The molecule has 0 saturated carbocycles. The molecule has 1 saturated heterocycles. The standard InChI is InChI=1S/C31H49N5/c1-10-23(4)29(18-32-8)26(7)33-30-17-28(27-12-11-13-35(21-27)19-22(2)3)24(5)16-31(30)36-15-14-34(9)25(6)20-36/h10,12,16-18,22,25,32-33H,7,11,13-15,19-21H2,1-6,8-9H3/b23-10-,29-18+. The summed E-state index contributed by atoms with van der Waals surface area (Å²) in [7, 11) is 4.17. The maximum atomic E-state index is 4.45. The summed E-state index contributed by atoms with van der Waals surface area (Å²) in [5, 5.41) is 6.94. The number of hydrogen-bond donors (Lipinski definition) is 2. The third-order valence-electron chi connectivity index (χ3n) is 7.60. The van der Waals surface area contributed by atoms with Gasteiger partial charge in [0.1, 0.15) is 0 Å². The van der Waals surface area contributed by atoms with E-state index in [0.717, 1.165) is 62.6 Å². The Labute approximate surface area is 220 Å². The van der Waals surface area contributed by atoms with E-state index in [1.165, 1.54) is 28.0 Å². The Kier molecular flexibility index (Phi) is 9.86. The first-order chi connectivity index (χ1) is 17.1. The molecular formula is C31H49N5. The number of aryl methyl sites for hydroxylation is 1. The van der Waals surface area contributed by atoms with Gasteiger partial charge in [-0.1, -0.05) is 32.6 Å². The van der Waals surface area contributed by atoms with E-state index in [1.807, 2.05) is 13.2 Å². The van der Waals surface area contributed by atoms with Crippen molar-refractivity contribution >= 4 is 16.9 Å². The molecule has 2 aliphatic heterocycles. The van der Waals surface area contributed by atoms with Crippen LogP contribution in [-0.4, -0.2) is 69.2 Å². The van der Waals surface area contributed by atoms with Gasteiger partial charge in [-0.2, -0.15) is 0 Å². The molecule has 0 bridgehead atoms. The molecule has 198 valence electrons. The highest BCUT2D eigenvalue weighted by Gasteiger charge is 2.25. The molecule has 2 heterocycles. The average Bonchev–Trinajstić information content (AvgIpc) is 2.84. The van der Waals surface area contributed by atoms with Crippen molar-refractivity contribution in [2.45, 2.75) is 54.0 Å². The van der Waals surface area contributed by atoms with Crippen LogP contribution in [0.4, 0.5) is 11.4 Å². The Bertz CT molecular complexity index is 1020. The van der Waals surface area contributed by atoms with E-state index in [-0.39, 0.29) is 0 Å². The van der Waals surface area contributed by atoms with Crippen LogP contribution in [0.5, 0.6) is 0 Å². The Hall–Kier alpha value is -2.50. The second-order valence-electron chi connectivity index (χ2n) is 11.0. The highest BCUT2D eigenvalue weighted by Crippen LogP contribution is 2.36. The number of anilines is 2. The molecule has 0 aromatic heterocycles. The first-order valence-electron chi connectivity index (χ1n) is 13.6. The number of likely N-dealkylation sites (N-methyl/N-ethyl adjacent to an activating group) is 1. The fraction of sp³-hybridized carbons (Fsp3) is 0.548. The molecule has 0 amide bonds. The summed E-state index contributed by atoms with van der Waals surface area (Å²) >= 11 is 0. The molecule has 1 atom stereocenters. The molecule has 1 aromatic rings. The minimum atomic E-state index is 0.519. The first-order valence-corrected chi connectivity index (χ1v) is 13.6. The third-order valence-corrected chi connectivity index (χ3v) is 7.60. The predicted octanol–water partition coefficient (Wildman–Crippen LogP) is 5.88. The Morgan fingerprint density at radius 3 is 2.61 bits per heavy atom. The second kappa shape index (κ2) is 12.6. The monoisotopic (exact) mass is 491 g/mol. The van der Waals surface area contributed by atoms with Crippen molar-refractivity contribution in [3.05, 3.63) is 65.0 Å². The van der Waals surface area contributed by atoms with E-state index in [0.29, 0.717) is 12.0 Å². The topological polar surface area (TPSA) is 33.8 Å². The van der Waals surface area contributed by atoms with Crippen LogP contribution < -0.4 is 15.5 Å². The van der Waals surface area contributed by atoms with E-state index < -0.39 is 0 Å². The molecule has 1 aromatic carbocycles. The van der Waals surface area contributed by atoms with Crippen LogP contribution in [0.2, 0.25) is 0 Å². The van der Waals surface area contributed by atoms with Crippen LogP contribution in [0.1, 0.15) is 52.2 Å². The molecule has 1 unspecified atom stereocenters. The second-order valence-corrected chi connectivity index (χ2v) is 11.0. The van der Waals surface area contributed by atoms with Crippen LogP contribution >= 0.6 is 0 Å². The van der Waals surface area contributed by atoms with Crippen molar-refractivity contribution in [2.75, 3.05) is 63.6 Å². The van der Waals surface area contributed by atoms with Gasteiger partial charge in [0.05, 0.1) is 11.4 Å². The van der Waals surface area contributed by atoms with E-state index in [9.17, 15) is 0 Å². The van der Waals surface area contributed by atoms with Crippen LogP contribution in [0, 0.1) is 12.8 Å². The van der Waals surface area contributed by atoms with Crippen molar-refractivity contribution in [3.8, 4) is 0 Å². The predicted molar refractivity (Wildman–Crippen MR) is 159 cm³/mol. The number of rotatable bonds is 9. The van der Waals surface area contributed by atoms with Gasteiger partial charge in [0, 0.05) is 69.8 Å². The molecule has 5 heteroatoms. The molecule has 0 radical (unpaired) electrons. The van der Waals surface area contributed by atoms with Crippen molar-refractivity contribution in [1.29, 1.82) is 0 Å². The Morgan fingerprint density at radius 1 is 1.22 bits per heavy atom. The van der Waals surface area contributed by atoms with Gasteiger partial charge in [-0.05, 0) is 81.5 Å². The number of nitrogens with zero attached hydrogens (tertiary/aromatic N) is 3. The molecule has 2 N–H and O–H groups in total. The number of allylic oxidation sites excluding steroid dienone is 2. The lowest BCUT2D eigenvalue weighted by Crippen LogP contribution is -2.50. The quantitative estimate of drug-likeness (QED) is 0.422. The summed E-state index contributed by atoms with van der Waals surface area (Å²) in [4.78, 5) is 7.59. The number of piperazine rings is 1. The van der Waals surface area contributed by atoms with Gasteiger partial charge in [0.25, 0.3) is 0 Å². The highest BCUT2D eigenvalue weighted by molar-refractivity contribution is 5.82. The maximum absolute atomic E-state index is 4.45. The van der Waals surface area contributed by atoms with Gasteiger partial charge < -0.3 is 20.4 Å². The van der Waals surface area contributed by atoms with Crippen LogP contribution in [0.25, 0.3) is 5.57 Å². The minimum Gasteiger partial charge on any atom is -0.393 e.